The van der Waals surface area contributed by atoms with E-state index in [1.807, 2.05) is 53.4 Å². The van der Waals surface area contributed by atoms with Gasteiger partial charge in [-0.3, -0.25) is 14.6 Å². The van der Waals surface area contributed by atoms with Crippen LogP contribution in [0.5, 0.6) is 0 Å². The van der Waals surface area contributed by atoms with Crippen molar-refractivity contribution in [3.05, 3.63) is 107 Å². The van der Waals surface area contributed by atoms with E-state index in [4.69, 9.17) is 11.5 Å². The second-order valence-corrected chi connectivity index (χ2v) is 11.5. The first kappa shape index (κ1) is 30.3. The van der Waals surface area contributed by atoms with Crippen molar-refractivity contribution in [2.75, 3.05) is 26.2 Å². The molecular formula is C34H43N7O2. The third kappa shape index (κ3) is 8.21. The molecule has 0 spiro atoms. The van der Waals surface area contributed by atoms with Crippen molar-refractivity contribution in [1.82, 2.24) is 20.9 Å². The van der Waals surface area contributed by atoms with Crippen molar-refractivity contribution in [1.29, 1.82) is 0 Å². The van der Waals surface area contributed by atoms with Gasteiger partial charge in [0.05, 0.1) is 12.1 Å². The van der Waals surface area contributed by atoms with Gasteiger partial charge < -0.3 is 32.3 Å². The van der Waals surface area contributed by atoms with Crippen molar-refractivity contribution in [2.45, 2.75) is 56.3 Å². The molecule has 1 fully saturated rings. The summed E-state index contributed by atoms with van der Waals surface area (Å²) in [6.45, 7) is 2.76. The van der Waals surface area contributed by atoms with Gasteiger partial charge in [-0.1, -0.05) is 84.9 Å². The fourth-order valence-electron chi connectivity index (χ4n) is 6.12. The summed E-state index contributed by atoms with van der Waals surface area (Å²) in [4.78, 5) is 33.3. The maximum atomic E-state index is 14.0. The summed E-state index contributed by atoms with van der Waals surface area (Å²) in [7, 11) is 0. The lowest BCUT2D eigenvalue weighted by atomic mass is 9.90. The molecule has 0 bridgehead atoms. The number of nitrogens with zero attached hydrogens (tertiary/aromatic N) is 2. The molecule has 43 heavy (non-hydrogen) atoms. The number of nitrogens with one attached hydrogen (secondary N) is 3. The van der Waals surface area contributed by atoms with Crippen LogP contribution in [-0.4, -0.2) is 67.0 Å². The maximum Gasteiger partial charge on any atom is 0.239 e. The van der Waals surface area contributed by atoms with Crippen molar-refractivity contribution < 1.29 is 9.59 Å². The van der Waals surface area contributed by atoms with E-state index in [1.54, 1.807) is 0 Å². The summed E-state index contributed by atoms with van der Waals surface area (Å²) in [5.41, 5.74) is 15.8. The van der Waals surface area contributed by atoms with Gasteiger partial charge in [-0.15, -0.1) is 0 Å². The minimum Gasteiger partial charge on any atom is -0.370 e. The monoisotopic (exact) mass is 581 g/mol. The summed E-state index contributed by atoms with van der Waals surface area (Å²) in [5, 5.41) is 10.1. The van der Waals surface area contributed by atoms with Crippen LogP contribution in [0.4, 0.5) is 0 Å². The molecule has 3 aromatic rings. The molecule has 1 unspecified atom stereocenters. The van der Waals surface area contributed by atoms with Gasteiger partial charge in [-0.2, -0.15) is 0 Å². The highest BCUT2D eigenvalue weighted by molar-refractivity contribution is 5.83. The van der Waals surface area contributed by atoms with Gasteiger partial charge in [-0.25, -0.2) is 0 Å². The SMILES string of the molecule is NC(N)=NCCC[C@@H]1N[C@H](CNC(=O)C2Cc3ccccc3CN2)CCN(CC(c2ccccc2)c2ccccc2)C1=O. The molecule has 2 amide bonds. The van der Waals surface area contributed by atoms with E-state index in [9.17, 15) is 9.59 Å². The number of fused-ring (bicyclic) bond motifs is 1. The van der Waals surface area contributed by atoms with Crippen LogP contribution < -0.4 is 27.4 Å². The number of amides is 2. The average Bonchev–Trinajstić information content (AvgIpc) is 3.19. The fourth-order valence-corrected chi connectivity index (χ4v) is 6.12. The number of carbonyl (C=O) groups excluding carboxylic acids is 2. The lowest BCUT2D eigenvalue weighted by Crippen LogP contribution is -2.52. The fraction of sp³-hybridized carbons (Fsp3) is 0.382. The highest BCUT2D eigenvalue weighted by Gasteiger charge is 2.33. The number of benzene rings is 3. The normalized spacial score (nSPS) is 20.3. The van der Waals surface area contributed by atoms with E-state index in [2.05, 4.69) is 57.3 Å². The van der Waals surface area contributed by atoms with Crippen LogP contribution in [0.15, 0.2) is 89.9 Å². The van der Waals surface area contributed by atoms with Gasteiger partial charge in [-0.05, 0) is 47.9 Å². The predicted octanol–water partition coefficient (Wildman–Crippen LogP) is 2.26. The number of carbonyl (C=O) groups is 2. The average molecular weight is 582 g/mol. The molecule has 0 radical (unpaired) electrons. The van der Waals surface area contributed by atoms with E-state index < -0.39 is 6.04 Å². The molecule has 1 saturated heterocycles. The van der Waals surface area contributed by atoms with Crippen LogP contribution in [0.25, 0.3) is 0 Å². The zero-order chi connectivity index (χ0) is 30.0. The van der Waals surface area contributed by atoms with Crippen LogP contribution in [0.2, 0.25) is 0 Å². The van der Waals surface area contributed by atoms with E-state index in [-0.39, 0.29) is 35.8 Å². The zero-order valence-electron chi connectivity index (χ0n) is 24.6. The van der Waals surface area contributed by atoms with E-state index >= 15 is 0 Å². The Morgan fingerprint density at radius 2 is 1.60 bits per heavy atom. The minimum absolute atomic E-state index is 0.0127. The van der Waals surface area contributed by atoms with Crippen molar-refractivity contribution in [3.8, 4) is 0 Å². The topological polar surface area (TPSA) is 138 Å². The summed E-state index contributed by atoms with van der Waals surface area (Å²) in [6, 6.07) is 28.2. The summed E-state index contributed by atoms with van der Waals surface area (Å²) in [6.07, 6.45) is 2.66. The predicted molar refractivity (Wildman–Crippen MR) is 170 cm³/mol. The van der Waals surface area contributed by atoms with Crippen LogP contribution in [0, 0.1) is 0 Å². The van der Waals surface area contributed by atoms with Gasteiger partial charge in [0, 0.05) is 44.7 Å². The quantitative estimate of drug-likeness (QED) is 0.134. The number of aliphatic imine (C=N–C) groups is 1. The highest BCUT2D eigenvalue weighted by Crippen LogP contribution is 2.27. The van der Waals surface area contributed by atoms with E-state index in [0.29, 0.717) is 52.0 Å². The Kier molecular flexibility index (Phi) is 10.4. The van der Waals surface area contributed by atoms with Gasteiger partial charge in [0.25, 0.3) is 0 Å². The second kappa shape index (κ2) is 14.8. The van der Waals surface area contributed by atoms with E-state index in [0.717, 1.165) is 6.42 Å². The first-order valence-corrected chi connectivity index (χ1v) is 15.3. The maximum absolute atomic E-state index is 14.0. The Morgan fingerprint density at radius 3 is 2.28 bits per heavy atom. The van der Waals surface area contributed by atoms with Crippen molar-refractivity contribution in [2.24, 2.45) is 16.5 Å². The molecule has 2 aliphatic heterocycles. The Morgan fingerprint density at radius 1 is 0.953 bits per heavy atom. The molecule has 9 nitrogen and oxygen atoms in total. The number of rotatable bonds is 11. The third-order valence-corrected chi connectivity index (χ3v) is 8.47. The molecule has 2 heterocycles. The summed E-state index contributed by atoms with van der Waals surface area (Å²) >= 11 is 0. The third-order valence-electron chi connectivity index (χ3n) is 8.47. The van der Waals surface area contributed by atoms with Crippen LogP contribution in [-0.2, 0) is 22.6 Å². The van der Waals surface area contributed by atoms with Crippen LogP contribution >= 0.6 is 0 Å². The summed E-state index contributed by atoms with van der Waals surface area (Å²) in [5.74, 6) is 0.155. The molecular weight excluding hydrogens is 538 g/mol. The van der Waals surface area contributed by atoms with Gasteiger partial charge in [0.2, 0.25) is 11.8 Å². The molecule has 3 atom stereocenters. The number of guanidine groups is 1. The standard InChI is InChI=1S/C34H43N7O2/c35-34(36)37-18-9-16-30-33(43)41(23-29(24-10-3-1-4-11-24)25-12-5-2-6-13-25)19-17-28(40-30)22-39-32(42)31-20-26-14-7-8-15-27(26)21-38-31/h1-8,10-15,28-31,38,40H,9,16-23H2,(H,39,42)(H4,35,36,37)/t28-,30-,31?/m0/s1. The Bertz CT molecular complexity index is 1340. The molecule has 0 aromatic heterocycles. The lowest BCUT2D eigenvalue weighted by Gasteiger charge is -2.29. The first-order chi connectivity index (χ1) is 21.0. The molecule has 0 aliphatic carbocycles. The largest absolute Gasteiger partial charge is 0.370 e. The molecule has 9 heteroatoms. The molecule has 3 aromatic carbocycles. The second-order valence-electron chi connectivity index (χ2n) is 11.5. The minimum atomic E-state index is -0.398. The zero-order valence-corrected chi connectivity index (χ0v) is 24.6. The highest BCUT2D eigenvalue weighted by atomic mass is 16.2. The molecule has 0 saturated carbocycles. The molecule has 7 N–H and O–H groups in total. The molecule has 226 valence electrons. The lowest BCUT2D eigenvalue weighted by molar-refractivity contribution is -0.133. The van der Waals surface area contributed by atoms with Gasteiger partial charge in [0.15, 0.2) is 5.96 Å². The molecule has 2 aliphatic rings. The van der Waals surface area contributed by atoms with Crippen LogP contribution in [0.1, 0.15) is 47.4 Å². The Hall–Kier alpha value is -4.21. The van der Waals surface area contributed by atoms with Crippen molar-refractivity contribution in [3.63, 3.8) is 0 Å². The Labute approximate surface area is 254 Å². The number of hydrogen-bond acceptors (Lipinski definition) is 5. The number of nitrogens with two attached hydrogens (primary N) is 2. The van der Waals surface area contributed by atoms with E-state index in [1.165, 1.54) is 22.3 Å². The smallest absolute Gasteiger partial charge is 0.239 e. The number of hydrogen-bond donors (Lipinski definition) is 5. The Balaban J connectivity index is 1.27. The van der Waals surface area contributed by atoms with Gasteiger partial charge >= 0.3 is 0 Å². The first-order valence-electron chi connectivity index (χ1n) is 15.3. The molecule has 5 rings (SSSR count). The van der Waals surface area contributed by atoms with Gasteiger partial charge in [0.1, 0.15) is 0 Å². The summed E-state index contributed by atoms with van der Waals surface area (Å²) < 4.78 is 0. The van der Waals surface area contributed by atoms with Crippen LogP contribution in [0.3, 0.4) is 0 Å². The van der Waals surface area contributed by atoms with Crippen molar-refractivity contribution >= 4 is 17.8 Å².